The molecule has 57 heavy (non-hydrogen) atoms. The Bertz CT molecular complexity index is 2490. The normalized spacial score (nSPS) is 21.9. The lowest BCUT2D eigenvalue weighted by atomic mass is 9.84. The molecule has 17 nitrogen and oxygen atoms in total. The Kier molecular flexibility index (Phi) is 10.5. The molecule has 1 fully saturated rings. The van der Waals surface area contributed by atoms with E-state index in [9.17, 15) is 45.0 Å². The average Bonchev–Trinajstić information content (AvgIpc) is 3.76. The molecule has 17 heteroatoms. The molecule has 8 N–H and O–H groups in total. The van der Waals surface area contributed by atoms with Crippen LogP contribution in [0.25, 0.3) is 44.3 Å². The second kappa shape index (κ2) is 15.4. The Morgan fingerprint density at radius 1 is 1.04 bits per heavy atom. The monoisotopic (exact) mass is 785 g/mol. The van der Waals surface area contributed by atoms with Crippen LogP contribution in [0.4, 0.5) is 0 Å². The van der Waals surface area contributed by atoms with Crippen LogP contribution < -0.4 is 20.3 Å². The lowest BCUT2D eigenvalue weighted by molar-refractivity contribution is -0.351. The van der Waals surface area contributed by atoms with Gasteiger partial charge in [0, 0.05) is 23.2 Å². The van der Waals surface area contributed by atoms with Crippen LogP contribution in [0.3, 0.4) is 0 Å². The minimum atomic E-state index is -2.73. The first-order valence-corrected chi connectivity index (χ1v) is 17.6. The molecule has 6 aromatic rings. The first kappa shape index (κ1) is 39.0. The van der Waals surface area contributed by atoms with Crippen LogP contribution in [0.1, 0.15) is 11.1 Å². The van der Waals surface area contributed by atoms with Crippen molar-refractivity contribution in [3.05, 3.63) is 107 Å². The molecule has 0 unspecified atom stereocenters. The van der Waals surface area contributed by atoms with E-state index in [1.165, 1.54) is 48.4 Å². The van der Waals surface area contributed by atoms with E-state index in [1.54, 1.807) is 30.6 Å². The number of hydrogen-bond donors (Lipinski definition) is 8. The largest absolute Gasteiger partial charge is 0.508 e. The van der Waals surface area contributed by atoms with Crippen LogP contribution in [0.5, 0.6) is 11.5 Å². The molecular weight excluding hydrogens is 746 g/mol. The van der Waals surface area contributed by atoms with Crippen molar-refractivity contribution in [2.45, 2.75) is 56.4 Å². The van der Waals surface area contributed by atoms with Crippen molar-refractivity contribution in [3.8, 4) is 33.9 Å². The number of likely N-dealkylation sites (N-methyl/N-ethyl adjacent to an activating group) is 1. The van der Waals surface area contributed by atoms with Crippen LogP contribution >= 0.6 is 0 Å². The number of nitrogens with zero attached hydrogens (tertiary/aromatic N) is 1. The van der Waals surface area contributed by atoms with E-state index in [-0.39, 0.29) is 28.0 Å². The lowest BCUT2D eigenvalue weighted by Crippen LogP contribution is -2.73. The number of carboxylic acids is 1. The highest BCUT2D eigenvalue weighted by Gasteiger charge is 2.61. The van der Waals surface area contributed by atoms with Gasteiger partial charge < -0.3 is 59.1 Å². The van der Waals surface area contributed by atoms with Crippen molar-refractivity contribution in [2.75, 3.05) is 13.7 Å². The summed E-state index contributed by atoms with van der Waals surface area (Å²) in [4.78, 5) is 47.3. The summed E-state index contributed by atoms with van der Waals surface area (Å²) in [5.74, 6) is -3.08. The minimum absolute atomic E-state index is 0.0183. The van der Waals surface area contributed by atoms with Crippen LogP contribution in [-0.4, -0.2) is 108 Å². The zero-order valence-corrected chi connectivity index (χ0v) is 30.7. The van der Waals surface area contributed by atoms with Gasteiger partial charge in [0.05, 0.1) is 29.3 Å². The highest BCUT2D eigenvalue weighted by atomic mass is 16.8. The van der Waals surface area contributed by atoms with Gasteiger partial charge in [-0.05, 0) is 68.9 Å². The number of nitrogens with one attached hydrogen (secondary N) is 2. The number of H-pyrrole nitrogens is 1. The molecule has 0 amide bonds. The fraction of sp³-hybridized carbons (Fsp3) is 0.275. The Morgan fingerprint density at radius 2 is 1.75 bits per heavy atom. The molecule has 0 spiro atoms. The first-order valence-electron chi connectivity index (χ1n) is 17.6. The number of aromatic nitrogens is 2. The number of aliphatic carboxylic acids is 1. The summed E-state index contributed by atoms with van der Waals surface area (Å²) in [6.07, 6.45) is -5.79. The Balaban J connectivity index is 1.29. The summed E-state index contributed by atoms with van der Waals surface area (Å²) in [7, 11) is 1.17. The molecule has 1 aliphatic rings. The van der Waals surface area contributed by atoms with Crippen molar-refractivity contribution in [2.24, 2.45) is 0 Å². The highest BCUT2D eigenvalue weighted by Crippen LogP contribution is 2.37. The number of ether oxygens (including phenoxy) is 3. The van der Waals surface area contributed by atoms with Gasteiger partial charge in [0.1, 0.15) is 35.1 Å². The summed E-state index contributed by atoms with van der Waals surface area (Å²) < 4.78 is 24.2. The van der Waals surface area contributed by atoms with E-state index in [0.29, 0.717) is 27.7 Å². The Hall–Kier alpha value is -6.21. The molecule has 3 aromatic carbocycles. The predicted octanol–water partition coefficient (Wildman–Crippen LogP) is 1.95. The third kappa shape index (κ3) is 7.30. The molecule has 7 atom stereocenters. The van der Waals surface area contributed by atoms with E-state index in [1.807, 2.05) is 32.0 Å². The fourth-order valence-electron chi connectivity index (χ4n) is 6.96. The predicted molar refractivity (Wildman–Crippen MR) is 201 cm³/mol. The van der Waals surface area contributed by atoms with Gasteiger partial charge in [0.2, 0.25) is 24.7 Å². The summed E-state index contributed by atoms with van der Waals surface area (Å²) in [5, 5.41) is 67.6. The first-order chi connectivity index (χ1) is 27.2. The molecule has 0 saturated carbocycles. The third-order valence-corrected chi connectivity index (χ3v) is 9.79. The number of hydrogen-bond acceptors (Lipinski definition) is 14. The number of benzene rings is 3. The highest BCUT2D eigenvalue weighted by molar-refractivity contribution is 5.98. The number of aromatic amines is 1. The van der Waals surface area contributed by atoms with Crippen molar-refractivity contribution in [1.82, 2.24) is 15.0 Å². The molecule has 1 saturated heterocycles. The molecular formula is C40H39N3O14. The topological polar surface area (TPSA) is 255 Å². The fourth-order valence-corrected chi connectivity index (χ4v) is 6.96. The van der Waals surface area contributed by atoms with Crippen LogP contribution in [-0.2, 0) is 19.1 Å². The molecule has 0 radical (unpaired) electrons. The van der Waals surface area contributed by atoms with Crippen molar-refractivity contribution in [3.63, 3.8) is 0 Å². The number of carbonyl (C=O) groups excluding carboxylic acids is 1. The van der Waals surface area contributed by atoms with Crippen LogP contribution in [0.2, 0.25) is 0 Å². The second-order valence-electron chi connectivity index (χ2n) is 13.8. The van der Waals surface area contributed by atoms with Gasteiger partial charge in [-0.1, -0.05) is 29.3 Å². The SMILES string of the molecule is CN[C@H](C(=O)O)C(=O)O[C@H](O)[C@@H]1O[C@H](Oc2ccc3c(=O)c(-c4ccc(O)cc4)coc3c2)[C@@H](On2cc3cc[nH]c3c2-c2cc(C)cc(C)c2)[C@@](O)(CO)[C@H]1O. The smallest absolute Gasteiger partial charge is 0.337 e. The van der Waals surface area contributed by atoms with E-state index < -0.39 is 66.5 Å². The Morgan fingerprint density at radius 3 is 2.42 bits per heavy atom. The van der Waals surface area contributed by atoms with Gasteiger partial charge in [0.25, 0.3) is 0 Å². The van der Waals surface area contributed by atoms with Crippen LogP contribution in [0.15, 0.2) is 94.6 Å². The number of phenols is 1. The van der Waals surface area contributed by atoms with Gasteiger partial charge in [-0.25, -0.2) is 9.59 Å². The van der Waals surface area contributed by atoms with E-state index >= 15 is 0 Å². The molecule has 7 rings (SSSR count). The zero-order chi connectivity index (χ0) is 40.8. The summed E-state index contributed by atoms with van der Waals surface area (Å²) in [6, 6.07) is 15.8. The number of aliphatic hydroxyl groups is 4. The van der Waals surface area contributed by atoms with Crippen LogP contribution in [0, 0.1) is 13.8 Å². The standard InChI is InChI=1S/C40H39N3O14/c1-19-12-20(2)14-23(13-19)31-29-22(10-11-42-29)16-43(31)57-35-39(55-33(34(47)40(35,52)18-44)38(51)56-37(50)30(41-3)36(48)49)54-25-8-9-26-28(15-25)53-17-27(32(26)46)21-4-6-24(45)7-5-21/h4-17,30,33-35,38-39,41-42,44-45,47,51-52H,18H2,1-3H3,(H,48,49)/t30-,33-,34+,35-,38+,39+,40-/m1/s1. The van der Waals surface area contributed by atoms with Gasteiger partial charge in [0.15, 0.2) is 17.1 Å². The van der Waals surface area contributed by atoms with Crippen molar-refractivity contribution < 1.29 is 63.7 Å². The van der Waals surface area contributed by atoms with E-state index in [2.05, 4.69) is 10.3 Å². The maximum atomic E-state index is 13.5. The minimum Gasteiger partial charge on any atom is -0.508 e. The summed E-state index contributed by atoms with van der Waals surface area (Å²) in [5.41, 5.74) is 1.40. The third-order valence-electron chi connectivity index (χ3n) is 9.79. The molecule has 4 heterocycles. The lowest BCUT2D eigenvalue weighted by Gasteiger charge is -2.48. The second-order valence-corrected chi connectivity index (χ2v) is 13.8. The number of fused-ring (bicyclic) bond motifs is 2. The molecule has 298 valence electrons. The van der Waals surface area contributed by atoms with Gasteiger partial charge in [-0.2, -0.15) is 4.73 Å². The Labute approximate surface area is 322 Å². The number of aliphatic hydroxyl groups excluding tert-OH is 3. The molecule has 3 aromatic heterocycles. The number of carboxylic acid groups (broad SMARTS) is 1. The van der Waals surface area contributed by atoms with Gasteiger partial charge >= 0.3 is 11.9 Å². The average molecular weight is 786 g/mol. The summed E-state index contributed by atoms with van der Waals surface area (Å²) >= 11 is 0. The van der Waals surface area contributed by atoms with E-state index in [4.69, 9.17) is 23.5 Å². The quantitative estimate of drug-likeness (QED) is 0.0501. The molecule has 1 aliphatic heterocycles. The van der Waals surface area contributed by atoms with Crippen molar-refractivity contribution in [1.29, 1.82) is 0 Å². The number of carbonyl (C=O) groups is 2. The number of aryl methyl sites for hydroxylation is 2. The molecule has 0 bridgehead atoms. The number of aromatic hydroxyl groups is 1. The van der Waals surface area contributed by atoms with E-state index in [0.717, 1.165) is 11.1 Å². The van der Waals surface area contributed by atoms with Crippen molar-refractivity contribution >= 4 is 33.8 Å². The maximum Gasteiger partial charge on any atom is 0.337 e. The maximum absolute atomic E-state index is 13.5. The number of rotatable bonds is 12. The number of esters is 1. The van der Waals surface area contributed by atoms with Gasteiger partial charge in [-0.3, -0.25) is 10.1 Å². The zero-order valence-electron chi connectivity index (χ0n) is 30.7. The van der Waals surface area contributed by atoms with Gasteiger partial charge in [-0.15, -0.1) is 0 Å². The molecule has 0 aliphatic carbocycles. The summed E-state index contributed by atoms with van der Waals surface area (Å²) in [6.45, 7) is 2.63. The number of phenolic OH excluding ortho intramolecular Hbond substituents is 1.